The molecule has 1 unspecified atom stereocenters. The molecule has 0 amide bonds. The minimum atomic E-state index is -3.63. The number of oxazole rings is 1. The third-order valence-electron chi connectivity index (χ3n) is 5.64. The highest BCUT2D eigenvalue weighted by Crippen LogP contribution is 2.28. The molecular weight excluding hydrogens is 474 g/mol. The lowest BCUT2D eigenvalue weighted by atomic mass is 10.1. The summed E-state index contributed by atoms with van der Waals surface area (Å²) in [6.45, 7) is 1.22. The van der Waals surface area contributed by atoms with Crippen LogP contribution < -0.4 is 10.1 Å². The molecule has 0 bridgehead atoms. The maximum Gasteiger partial charge on any atom is 0.283 e. The normalized spacial score (nSPS) is 13.1. The van der Waals surface area contributed by atoms with Crippen molar-refractivity contribution in [1.82, 2.24) is 14.3 Å². The monoisotopic (exact) mass is 497 g/mol. The number of para-hydroxylation sites is 1. The molecule has 10 heteroatoms. The van der Waals surface area contributed by atoms with Crippen LogP contribution in [-0.2, 0) is 10.0 Å². The van der Waals surface area contributed by atoms with Gasteiger partial charge in [-0.15, -0.1) is 0 Å². The zero-order valence-electron chi connectivity index (χ0n) is 18.3. The van der Waals surface area contributed by atoms with Crippen LogP contribution in [0.1, 0.15) is 11.7 Å². The van der Waals surface area contributed by atoms with Gasteiger partial charge in [0.15, 0.2) is 5.58 Å². The molecule has 0 aliphatic heterocycles. The maximum absolute atomic E-state index is 12.0. The van der Waals surface area contributed by atoms with Crippen molar-refractivity contribution in [3.05, 3.63) is 71.1 Å². The van der Waals surface area contributed by atoms with Crippen molar-refractivity contribution >= 4 is 55.1 Å². The van der Waals surface area contributed by atoms with Crippen molar-refractivity contribution in [2.24, 2.45) is 0 Å². The van der Waals surface area contributed by atoms with Gasteiger partial charge in [-0.3, -0.25) is 0 Å². The van der Waals surface area contributed by atoms with Gasteiger partial charge >= 0.3 is 0 Å². The molecule has 34 heavy (non-hydrogen) atoms. The molecule has 0 saturated carbocycles. The standard InChI is InChI=1S/C24H23N3O5S2/c1-34(29,30)27-21-12-15(6-9-23(21)32-24(27)33)22(28)14-25-10-11-31-16-7-8-18-17-4-2-3-5-19(17)26-20(18)13-16/h2-9,12-13,22,25-26,28H,10-11,14H2,1H3. The summed E-state index contributed by atoms with van der Waals surface area (Å²) in [5.41, 5.74) is 3.31. The van der Waals surface area contributed by atoms with Crippen molar-refractivity contribution in [1.29, 1.82) is 0 Å². The van der Waals surface area contributed by atoms with Gasteiger partial charge in [0.1, 0.15) is 17.9 Å². The lowest BCUT2D eigenvalue weighted by molar-refractivity contribution is 0.172. The lowest BCUT2D eigenvalue weighted by Crippen LogP contribution is -2.26. The van der Waals surface area contributed by atoms with Crippen LogP contribution in [-0.4, -0.2) is 48.4 Å². The second-order valence-corrected chi connectivity index (χ2v) is 10.2. The number of ether oxygens (including phenoxy) is 1. The highest BCUT2D eigenvalue weighted by Gasteiger charge is 2.17. The average Bonchev–Trinajstić information content (AvgIpc) is 3.34. The van der Waals surface area contributed by atoms with Crippen LogP contribution in [0.5, 0.6) is 5.75 Å². The molecule has 0 radical (unpaired) electrons. The summed E-state index contributed by atoms with van der Waals surface area (Å²) in [7, 11) is -3.63. The number of aromatic nitrogens is 2. The Hall–Kier alpha value is -3.18. The molecule has 0 fully saturated rings. The number of rotatable bonds is 8. The van der Waals surface area contributed by atoms with Gasteiger partial charge in [-0.1, -0.05) is 24.3 Å². The minimum Gasteiger partial charge on any atom is -0.492 e. The molecular formula is C24H23N3O5S2. The van der Waals surface area contributed by atoms with Crippen LogP contribution >= 0.6 is 12.2 Å². The number of benzene rings is 3. The molecule has 0 saturated heterocycles. The Morgan fingerprint density at radius 2 is 1.91 bits per heavy atom. The third-order valence-corrected chi connectivity index (χ3v) is 7.05. The first-order valence-electron chi connectivity index (χ1n) is 10.7. The van der Waals surface area contributed by atoms with Crippen LogP contribution in [0, 0.1) is 4.84 Å². The van der Waals surface area contributed by atoms with Crippen molar-refractivity contribution < 1.29 is 22.7 Å². The van der Waals surface area contributed by atoms with E-state index in [2.05, 4.69) is 16.4 Å². The van der Waals surface area contributed by atoms with Crippen LogP contribution in [0.15, 0.2) is 65.1 Å². The Labute approximate surface area is 200 Å². The number of aliphatic hydroxyl groups excluding tert-OH is 1. The number of nitrogens with zero attached hydrogens (tertiary/aromatic N) is 1. The number of aliphatic hydroxyl groups is 1. The third kappa shape index (κ3) is 4.32. The SMILES string of the molecule is CS(=O)(=O)n1c(=S)oc2ccc(C(O)CNCCOc3ccc4c(c3)[nH]c3ccccc34)cc21. The number of H-pyrrole nitrogens is 1. The zero-order chi connectivity index (χ0) is 23.9. The van der Waals surface area contributed by atoms with Gasteiger partial charge in [-0.05, 0) is 48.1 Å². The Bertz CT molecular complexity index is 1670. The van der Waals surface area contributed by atoms with Gasteiger partial charge in [-0.2, -0.15) is 3.97 Å². The van der Waals surface area contributed by atoms with E-state index in [0.717, 1.165) is 32.4 Å². The molecule has 0 aliphatic carbocycles. The van der Waals surface area contributed by atoms with Gasteiger partial charge in [0.25, 0.3) is 4.84 Å². The maximum atomic E-state index is 12.0. The summed E-state index contributed by atoms with van der Waals surface area (Å²) in [5.74, 6) is 0.761. The van der Waals surface area contributed by atoms with Gasteiger partial charge in [0.05, 0.1) is 17.9 Å². The number of aromatic amines is 1. The molecule has 5 aromatic rings. The summed E-state index contributed by atoms with van der Waals surface area (Å²) in [5, 5.41) is 16.1. The molecule has 3 N–H and O–H groups in total. The molecule has 0 aliphatic rings. The Balaban J connectivity index is 1.19. The largest absolute Gasteiger partial charge is 0.492 e. The van der Waals surface area contributed by atoms with E-state index >= 15 is 0 Å². The highest BCUT2D eigenvalue weighted by atomic mass is 32.2. The molecule has 3 aromatic carbocycles. The fourth-order valence-electron chi connectivity index (χ4n) is 4.06. The minimum absolute atomic E-state index is 0.148. The van der Waals surface area contributed by atoms with E-state index in [1.807, 2.05) is 36.4 Å². The quantitative estimate of drug-likeness (QED) is 0.219. The molecule has 5 rings (SSSR count). The smallest absolute Gasteiger partial charge is 0.283 e. The van der Waals surface area contributed by atoms with E-state index in [1.165, 1.54) is 5.39 Å². The van der Waals surface area contributed by atoms with Crippen molar-refractivity contribution in [3.8, 4) is 5.75 Å². The van der Waals surface area contributed by atoms with E-state index in [0.29, 0.717) is 29.8 Å². The van der Waals surface area contributed by atoms with Crippen molar-refractivity contribution in [2.75, 3.05) is 26.0 Å². The van der Waals surface area contributed by atoms with Crippen molar-refractivity contribution in [3.63, 3.8) is 0 Å². The first-order valence-corrected chi connectivity index (χ1v) is 12.9. The summed E-state index contributed by atoms with van der Waals surface area (Å²) in [6, 6.07) is 19.0. The van der Waals surface area contributed by atoms with Crippen LogP contribution in [0.25, 0.3) is 32.9 Å². The van der Waals surface area contributed by atoms with E-state index in [4.69, 9.17) is 21.4 Å². The Kier molecular flexibility index (Phi) is 5.90. The summed E-state index contributed by atoms with van der Waals surface area (Å²) < 4.78 is 36.2. The molecule has 1 atom stereocenters. The van der Waals surface area contributed by atoms with Crippen LogP contribution in [0.4, 0.5) is 0 Å². The van der Waals surface area contributed by atoms with Gasteiger partial charge in [-0.25, -0.2) is 8.42 Å². The zero-order valence-corrected chi connectivity index (χ0v) is 19.9. The predicted octanol–water partition coefficient (Wildman–Crippen LogP) is 4.11. The van der Waals surface area contributed by atoms with Crippen molar-refractivity contribution in [2.45, 2.75) is 6.10 Å². The summed E-state index contributed by atoms with van der Waals surface area (Å²) in [6.07, 6.45) is 0.210. The van der Waals surface area contributed by atoms with E-state index in [-0.39, 0.29) is 11.4 Å². The Morgan fingerprint density at radius 3 is 2.74 bits per heavy atom. The van der Waals surface area contributed by atoms with E-state index < -0.39 is 16.1 Å². The van der Waals surface area contributed by atoms with E-state index in [1.54, 1.807) is 18.2 Å². The fourth-order valence-corrected chi connectivity index (χ4v) is 5.46. The molecule has 0 spiro atoms. The summed E-state index contributed by atoms with van der Waals surface area (Å²) in [4.78, 5) is 3.25. The first kappa shape index (κ1) is 22.6. The molecule has 8 nitrogen and oxygen atoms in total. The first-order chi connectivity index (χ1) is 16.3. The number of hydrogen-bond donors (Lipinski definition) is 3. The average molecular weight is 498 g/mol. The second-order valence-electron chi connectivity index (χ2n) is 8.07. The van der Waals surface area contributed by atoms with E-state index in [9.17, 15) is 13.5 Å². The predicted molar refractivity (Wildman–Crippen MR) is 134 cm³/mol. The lowest BCUT2D eigenvalue weighted by Gasteiger charge is -2.13. The van der Waals surface area contributed by atoms with Gasteiger partial charge in [0.2, 0.25) is 10.0 Å². The highest BCUT2D eigenvalue weighted by molar-refractivity contribution is 7.89. The van der Waals surface area contributed by atoms with Gasteiger partial charge < -0.3 is 24.6 Å². The molecule has 2 heterocycles. The summed E-state index contributed by atoms with van der Waals surface area (Å²) >= 11 is 5.02. The number of fused-ring (bicyclic) bond motifs is 4. The molecule has 176 valence electrons. The fraction of sp³-hybridized carbons (Fsp3) is 0.208. The molecule has 2 aromatic heterocycles. The van der Waals surface area contributed by atoms with Gasteiger partial charge in [0, 0.05) is 35.4 Å². The number of hydrogen-bond acceptors (Lipinski definition) is 7. The number of nitrogens with one attached hydrogen (secondary N) is 2. The van der Waals surface area contributed by atoms with Crippen LogP contribution in [0.3, 0.4) is 0 Å². The second kappa shape index (κ2) is 8.88. The Morgan fingerprint density at radius 1 is 1.12 bits per heavy atom. The topological polar surface area (TPSA) is 109 Å². The van der Waals surface area contributed by atoms with Crippen LogP contribution in [0.2, 0.25) is 0 Å².